The lowest BCUT2D eigenvalue weighted by Crippen LogP contribution is -2.33. The second-order valence-electron chi connectivity index (χ2n) is 10.3. The highest BCUT2D eigenvalue weighted by molar-refractivity contribution is 5.22. The standard InChI is InChI=1S/C32H53N2O3/c1-3-4-5-6-7-8-9-10-11-12-13-14-15-16-24-36-28-32(35-2)29-37-27-31-19-17-18-30(25-31)26-34-22-20-33-21-23-34/h17-23,25,32H,3-16,24,26-29H2,1-2H3/q+1. The van der Waals surface area contributed by atoms with E-state index in [-0.39, 0.29) is 6.10 Å². The highest BCUT2D eigenvalue weighted by Crippen LogP contribution is 2.13. The van der Waals surface area contributed by atoms with Crippen molar-refractivity contribution in [3.05, 3.63) is 60.2 Å². The van der Waals surface area contributed by atoms with Crippen LogP contribution >= 0.6 is 0 Å². The van der Waals surface area contributed by atoms with Crippen LogP contribution in [0.25, 0.3) is 0 Å². The number of hydrogen-bond acceptors (Lipinski definition) is 4. The lowest BCUT2D eigenvalue weighted by molar-refractivity contribution is -0.688. The van der Waals surface area contributed by atoms with Crippen molar-refractivity contribution in [1.82, 2.24) is 4.98 Å². The molecule has 0 radical (unpaired) electrons. The molecule has 0 aliphatic heterocycles. The second-order valence-corrected chi connectivity index (χ2v) is 10.3. The van der Waals surface area contributed by atoms with Crippen molar-refractivity contribution in [3.63, 3.8) is 0 Å². The Bertz CT molecular complexity index is 772. The molecule has 208 valence electrons. The van der Waals surface area contributed by atoms with Gasteiger partial charge in [-0.05, 0) is 18.1 Å². The molecule has 1 heterocycles. The van der Waals surface area contributed by atoms with Crippen LogP contribution in [-0.4, -0.2) is 38.0 Å². The summed E-state index contributed by atoms with van der Waals surface area (Å²) in [6.07, 6.45) is 26.8. The van der Waals surface area contributed by atoms with E-state index in [1.165, 1.54) is 94.6 Å². The Labute approximate surface area is 227 Å². The lowest BCUT2D eigenvalue weighted by atomic mass is 10.0. The second kappa shape index (κ2) is 22.2. The van der Waals surface area contributed by atoms with Gasteiger partial charge in [0.2, 0.25) is 0 Å². The highest BCUT2D eigenvalue weighted by Gasteiger charge is 2.09. The molecule has 0 spiro atoms. The number of nitrogens with zero attached hydrogens (tertiary/aromatic N) is 2. The SMILES string of the molecule is CCCCCCCCCCCCCCCCOCC(COCc1cccc(C[n+]2ccncc2)c1)OC. The Balaban J connectivity index is 1.42. The summed E-state index contributed by atoms with van der Waals surface area (Å²) in [6, 6.07) is 8.53. The first-order valence-corrected chi connectivity index (χ1v) is 14.9. The lowest BCUT2D eigenvalue weighted by Gasteiger charge is -2.16. The van der Waals surface area contributed by atoms with Gasteiger partial charge in [0.1, 0.15) is 6.10 Å². The molecule has 0 N–H and O–H groups in total. The summed E-state index contributed by atoms with van der Waals surface area (Å²) in [4.78, 5) is 4.07. The molecule has 37 heavy (non-hydrogen) atoms. The largest absolute Gasteiger partial charge is 0.379 e. The smallest absolute Gasteiger partial charge is 0.187 e. The van der Waals surface area contributed by atoms with Gasteiger partial charge in [-0.25, -0.2) is 0 Å². The van der Waals surface area contributed by atoms with Gasteiger partial charge in [0, 0.05) is 19.3 Å². The van der Waals surface area contributed by atoms with Crippen molar-refractivity contribution in [2.75, 3.05) is 26.9 Å². The molecular formula is C32H53N2O3+. The highest BCUT2D eigenvalue weighted by atomic mass is 16.6. The molecule has 5 heteroatoms. The van der Waals surface area contributed by atoms with Crippen LogP contribution in [0.4, 0.5) is 0 Å². The molecule has 2 rings (SSSR count). The zero-order valence-corrected chi connectivity index (χ0v) is 23.8. The fourth-order valence-electron chi connectivity index (χ4n) is 4.59. The topological polar surface area (TPSA) is 44.5 Å². The third-order valence-electron chi connectivity index (χ3n) is 6.90. The Kier molecular flexibility index (Phi) is 18.8. The van der Waals surface area contributed by atoms with Crippen molar-refractivity contribution >= 4 is 0 Å². The fraction of sp³-hybridized carbons (Fsp3) is 0.688. The summed E-state index contributed by atoms with van der Waals surface area (Å²) >= 11 is 0. The fourth-order valence-corrected chi connectivity index (χ4v) is 4.59. The number of rotatable bonds is 24. The minimum atomic E-state index is -0.0257. The average molecular weight is 514 g/mol. The summed E-state index contributed by atoms with van der Waals surface area (Å²) in [5, 5.41) is 0. The minimum absolute atomic E-state index is 0.0257. The molecule has 0 aliphatic carbocycles. The molecule has 1 aromatic carbocycles. The van der Waals surface area contributed by atoms with Crippen LogP contribution < -0.4 is 4.57 Å². The number of unbranched alkanes of at least 4 members (excludes halogenated alkanes) is 13. The Hall–Kier alpha value is -1.82. The Morgan fingerprint density at radius 1 is 0.730 bits per heavy atom. The molecule has 5 nitrogen and oxygen atoms in total. The molecule has 1 atom stereocenters. The van der Waals surface area contributed by atoms with Gasteiger partial charge in [0.15, 0.2) is 18.9 Å². The first-order chi connectivity index (χ1) is 18.3. The van der Waals surface area contributed by atoms with E-state index in [9.17, 15) is 0 Å². The molecule has 1 unspecified atom stereocenters. The number of aromatic nitrogens is 2. The summed E-state index contributed by atoms with van der Waals surface area (Å²) in [5.41, 5.74) is 2.42. The zero-order chi connectivity index (χ0) is 26.2. The first kappa shape index (κ1) is 31.4. The summed E-state index contributed by atoms with van der Waals surface area (Å²) in [7, 11) is 1.73. The summed E-state index contributed by atoms with van der Waals surface area (Å²) in [5.74, 6) is 0. The zero-order valence-electron chi connectivity index (χ0n) is 23.8. The van der Waals surface area contributed by atoms with Crippen LogP contribution in [0.15, 0.2) is 49.1 Å². The van der Waals surface area contributed by atoms with E-state index in [1.54, 1.807) is 19.5 Å². The van der Waals surface area contributed by atoms with E-state index in [2.05, 4.69) is 40.7 Å². The predicted molar refractivity (Wildman–Crippen MR) is 152 cm³/mol. The van der Waals surface area contributed by atoms with Gasteiger partial charge >= 0.3 is 0 Å². The van der Waals surface area contributed by atoms with Gasteiger partial charge in [0.05, 0.1) is 32.2 Å². The van der Waals surface area contributed by atoms with Crippen molar-refractivity contribution in [2.24, 2.45) is 0 Å². The van der Waals surface area contributed by atoms with Crippen LogP contribution in [0.5, 0.6) is 0 Å². The number of methoxy groups -OCH3 is 1. The minimum Gasteiger partial charge on any atom is -0.379 e. The molecular weight excluding hydrogens is 460 g/mol. The maximum absolute atomic E-state index is 5.94. The number of benzene rings is 1. The molecule has 0 amide bonds. The van der Waals surface area contributed by atoms with Crippen molar-refractivity contribution in [3.8, 4) is 0 Å². The summed E-state index contributed by atoms with van der Waals surface area (Å²) in [6.45, 7) is 5.63. The normalized spacial score (nSPS) is 12.2. The van der Waals surface area contributed by atoms with E-state index in [0.29, 0.717) is 19.8 Å². The Morgan fingerprint density at radius 3 is 1.92 bits per heavy atom. The van der Waals surface area contributed by atoms with Crippen LogP contribution in [0.1, 0.15) is 108 Å². The van der Waals surface area contributed by atoms with Crippen LogP contribution in [0.3, 0.4) is 0 Å². The third-order valence-corrected chi connectivity index (χ3v) is 6.90. The molecule has 2 aromatic rings. The van der Waals surface area contributed by atoms with E-state index in [1.807, 2.05) is 12.4 Å². The monoisotopic (exact) mass is 513 g/mol. The molecule has 0 saturated heterocycles. The van der Waals surface area contributed by atoms with Crippen molar-refractivity contribution in [2.45, 2.75) is 116 Å². The maximum atomic E-state index is 5.94. The van der Waals surface area contributed by atoms with E-state index in [0.717, 1.165) is 19.6 Å². The van der Waals surface area contributed by atoms with Gasteiger partial charge in [-0.3, -0.25) is 4.98 Å². The number of hydrogen-bond donors (Lipinski definition) is 0. The van der Waals surface area contributed by atoms with Crippen LogP contribution in [-0.2, 0) is 27.4 Å². The third kappa shape index (κ3) is 16.6. The predicted octanol–water partition coefficient (Wildman–Crippen LogP) is 7.45. The number of ether oxygens (including phenoxy) is 3. The van der Waals surface area contributed by atoms with Gasteiger partial charge in [0.25, 0.3) is 0 Å². The first-order valence-electron chi connectivity index (χ1n) is 14.9. The molecule has 0 saturated carbocycles. The quantitative estimate of drug-likeness (QED) is 0.108. The van der Waals surface area contributed by atoms with E-state index in [4.69, 9.17) is 14.2 Å². The van der Waals surface area contributed by atoms with Crippen molar-refractivity contribution < 1.29 is 18.8 Å². The van der Waals surface area contributed by atoms with Crippen LogP contribution in [0, 0.1) is 0 Å². The Morgan fingerprint density at radius 2 is 1.30 bits per heavy atom. The average Bonchev–Trinajstić information content (AvgIpc) is 2.92. The van der Waals surface area contributed by atoms with Gasteiger partial charge in [-0.15, -0.1) is 0 Å². The van der Waals surface area contributed by atoms with Gasteiger partial charge in [-0.2, -0.15) is 4.57 Å². The van der Waals surface area contributed by atoms with Crippen LogP contribution in [0.2, 0.25) is 0 Å². The summed E-state index contributed by atoms with van der Waals surface area (Å²) < 4.78 is 19.5. The van der Waals surface area contributed by atoms with E-state index < -0.39 is 0 Å². The van der Waals surface area contributed by atoms with Gasteiger partial charge < -0.3 is 14.2 Å². The molecule has 0 bridgehead atoms. The van der Waals surface area contributed by atoms with Gasteiger partial charge in [-0.1, -0.05) is 109 Å². The molecule has 0 fully saturated rings. The van der Waals surface area contributed by atoms with E-state index >= 15 is 0 Å². The maximum Gasteiger partial charge on any atom is 0.187 e. The van der Waals surface area contributed by atoms with Crippen molar-refractivity contribution in [1.29, 1.82) is 0 Å². The molecule has 1 aromatic heterocycles. The molecule has 0 aliphatic rings.